The molecule has 1 aromatic rings. The summed E-state index contributed by atoms with van der Waals surface area (Å²) in [6.07, 6.45) is -6.30. The van der Waals surface area contributed by atoms with Crippen molar-refractivity contribution in [3.05, 3.63) is 35.3 Å². The minimum atomic E-state index is -2.82. The maximum atomic E-state index is 13.4. The fourth-order valence-electron chi connectivity index (χ4n) is 2.51. The Morgan fingerprint density at radius 3 is 2.70 bits per heavy atom. The number of hydrogen-bond donors (Lipinski definition) is 2. The molecule has 0 aromatic heterocycles. The van der Waals surface area contributed by atoms with Crippen LogP contribution < -0.4 is 5.32 Å². The van der Waals surface area contributed by atoms with E-state index in [9.17, 15) is 19.5 Å². The van der Waals surface area contributed by atoms with Crippen molar-refractivity contribution in [1.29, 1.82) is 0 Å². The number of amides is 2. The zero-order chi connectivity index (χ0) is 28.3. The van der Waals surface area contributed by atoms with Crippen LogP contribution in [0.4, 0.5) is 0 Å². The third-order valence-electron chi connectivity index (χ3n) is 4.31. The summed E-state index contributed by atoms with van der Waals surface area (Å²) in [6.45, 7) is 4.87. The van der Waals surface area contributed by atoms with E-state index in [-0.39, 0.29) is 0 Å². The summed E-state index contributed by atoms with van der Waals surface area (Å²) >= 11 is 0. The Bertz CT molecular complexity index is 1120. The second-order valence-corrected chi connectivity index (χ2v) is 6.72. The average molecular weight is 384 g/mol. The molecule has 27 heavy (non-hydrogen) atoms. The molecule has 6 nitrogen and oxygen atoms in total. The Balaban J connectivity index is 2.69. The summed E-state index contributed by atoms with van der Waals surface area (Å²) in [5, 5.41) is 12.3. The van der Waals surface area contributed by atoms with Gasteiger partial charge in [-0.15, -0.1) is 0 Å². The molecule has 0 spiro atoms. The fourth-order valence-corrected chi connectivity index (χ4v) is 2.51. The molecule has 0 bridgehead atoms. The molecule has 0 saturated carbocycles. The van der Waals surface area contributed by atoms with Gasteiger partial charge in [-0.2, -0.15) is 0 Å². The van der Waals surface area contributed by atoms with Gasteiger partial charge in [-0.3, -0.25) is 14.4 Å². The molecule has 1 heterocycles. The third-order valence-corrected chi connectivity index (χ3v) is 4.31. The quantitative estimate of drug-likeness (QED) is 0.785. The van der Waals surface area contributed by atoms with Crippen molar-refractivity contribution in [3.63, 3.8) is 0 Å². The first kappa shape index (κ1) is 11.6. The van der Waals surface area contributed by atoms with Crippen LogP contribution in [-0.4, -0.2) is 46.7 Å². The number of nitrogens with one attached hydrogen (secondary N) is 1. The highest BCUT2D eigenvalue weighted by Gasteiger charge is 2.34. The van der Waals surface area contributed by atoms with Crippen LogP contribution in [0.2, 0.25) is 0 Å². The summed E-state index contributed by atoms with van der Waals surface area (Å²) in [7, 11) is 1.08. The smallest absolute Gasteiger partial charge is 0.249 e. The van der Waals surface area contributed by atoms with Crippen molar-refractivity contribution < 1.29 is 31.8 Å². The van der Waals surface area contributed by atoms with Crippen molar-refractivity contribution in [2.45, 2.75) is 58.6 Å². The molecular formula is C21H30N2O4. The Hall–Kier alpha value is -2.21. The number of carbonyl (C=O) groups excluding carboxylic acids is 3. The van der Waals surface area contributed by atoms with Gasteiger partial charge < -0.3 is 15.3 Å². The molecule has 2 rings (SSSR count). The van der Waals surface area contributed by atoms with E-state index in [1.807, 2.05) is 0 Å². The monoisotopic (exact) mass is 383 g/mol. The molecule has 2 amide bonds. The van der Waals surface area contributed by atoms with E-state index in [0.29, 0.717) is 4.90 Å². The van der Waals surface area contributed by atoms with Crippen LogP contribution in [0.15, 0.2) is 24.2 Å². The van der Waals surface area contributed by atoms with E-state index in [0.717, 1.165) is 20.9 Å². The molecule has 0 aliphatic carbocycles. The largest absolute Gasteiger partial charge is 0.385 e. The van der Waals surface area contributed by atoms with Crippen LogP contribution in [0.25, 0.3) is 0 Å². The number of hydrogen-bond acceptors (Lipinski definition) is 4. The molecule has 2 N–H and O–H groups in total. The first-order valence-electron chi connectivity index (χ1n) is 13.0. The lowest BCUT2D eigenvalue weighted by molar-refractivity contribution is -0.138. The van der Waals surface area contributed by atoms with E-state index < -0.39 is 95.6 Å². The van der Waals surface area contributed by atoms with Gasteiger partial charge in [0.1, 0.15) is 12.1 Å². The summed E-state index contributed by atoms with van der Waals surface area (Å²) in [4.78, 5) is 39.6. The summed E-state index contributed by atoms with van der Waals surface area (Å²) < 4.78 is 74.5. The molecule has 148 valence electrons. The van der Waals surface area contributed by atoms with E-state index in [2.05, 4.69) is 5.32 Å². The third kappa shape index (κ3) is 4.75. The van der Waals surface area contributed by atoms with Gasteiger partial charge in [0, 0.05) is 29.5 Å². The van der Waals surface area contributed by atoms with E-state index in [1.165, 1.54) is 13.8 Å². The Morgan fingerprint density at radius 1 is 1.44 bits per heavy atom. The minimum absolute atomic E-state index is 0.589. The lowest BCUT2D eigenvalue weighted by Crippen LogP contribution is -2.44. The fraction of sp³-hybridized carbons (Fsp3) is 0.571. The van der Waals surface area contributed by atoms with Gasteiger partial charge in [-0.1, -0.05) is 44.9 Å². The van der Waals surface area contributed by atoms with Crippen LogP contribution in [0.3, 0.4) is 0 Å². The number of ketones is 1. The minimum Gasteiger partial charge on any atom is -0.385 e. The molecule has 1 aliphatic heterocycles. The van der Waals surface area contributed by atoms with Gasteiger partial charge in [0.15, 0.2) is 5.78 Å². The Labute approximate surface area is 173 Å². The zero-order valence-electron chi connectivity index (χ0n) is 25.0. The first-order valence-corrected chi connectivity index (χ1v) is 8.50. The lowest BCUT2D eigenvalue weighted by Gasteiger charge is -2.26. The molecule has 1 aromatic carbocycles. The number of fused-ring (bicyclic) bond motifs is 1. The van der Waals surface area contributed by atoms with Crippen LogP contribution in [0, 0.1) is 11.8 Å². The van der Waals surface area contributed by atoms with Gasteiger partial charge in [-0.25, -0.2) is 0 Å². The van der Waals surface area contributed by atoms with Crippen LogP contribution >= 0.6 is 0 Å². The molecular weight excluding hydrogens is 344 g/mol. The number of benzene rings is 1. The highest BCUT2D eigenvalue weighted by atomic mass is 16.3. The van der Waals surface area contributed by atoms with Gasteiger partial charge in [-0.05, 0) is 30.3 Å². The standard InChI is InChI=1S/C21H30N2O4/c1-12(2)19(25)17(24)10-13(3)20(26)22-18-16-9-7-6-8-15(16)11-14(4)23(5)21(18)27/h6-9,12-14,18-19,25H,10-11H2,1-5H3,(H,22,26)/t13-,14?,18+,19+/m1/s1/i6D,7D,8D,9D,11D2,13D,14D,19D. The predicted molar refractivity (Wildman–Crippen MR) is 103 cm³/mol. The second kappa shape index (κ2) is 8.65. The van der Waals surface area contributed by atoms with Gasteiger partial charge in [0.05, 0.1) is 8.22 Å². The van der Waals surface area contributed by atoms with E-state index in [1.54, 1.807) is 0 Å². The predicted octanol–water partition coefficient (Wildman–Crippen LogP) is 1.86. The van der Waals surface area contributed by atoms with Crippen molar-refractivity contribution in [2.24, 2.45) is 11.8 Å². The van der Waals surface area contributed by atoms with Crippen molar-refractivity contribution >= 4 is 17.6 Å². The molecule has 1 unspecified atom stereocenters. The summed E-state index contributed by atoms with van der Waals surface area (Å²) in [5.41, 5.74) is -1.27. The van der Waals surface area contributed by atoms with Gasteiger partial charge >= 0.3 is 0 Å². The van der Waals surface area contributed by atoms with Crippen LogP contribution in [0.1, 0.15) is 63.6 Å². The topological polar surface area (TPSA) is 86.7 Å². The van der Waals surface area contributed by atoms with Crippen molar-refractivity contribution in [3.8, 4) is 0 Å². The molecule has 0 radical (unpaired) electrons. The normalized spacial score (nSPS) is 33.7. The number of nitrogens with zero attached hydrogens (tertiary/aromatic N) is 1. The molecule has 0 fully saturated rings. The number of Topliss-reactive ketones (excluding diaryl/α,β-unsaturated/α-hetero) is 1. The van der Waals surface area contributed by atoms with E-state index >= 15 is 0 Å². The SMILES string of the molecule is [2H]c1c([2H])c([2H])c2c(c1[2H])[C@H](NC(=O)[C@]([2H])(C)CC(=O)[C@@]([2H])(O)C(C)C)C(=O)N(C)C([2H])(C)C2([2H])[2H]. The van der Waals surface area contributed by atoms with Gasteiger partial charge in [0.2, 0.25) is 11.8 Å². The highest BCUT2D eigenvalue weighted by Crippen LogP contribution is 2.27. The molecule has 0 saturated heterocycles. The maximum absolute atomic E-state index is 13.4. The van der Waals surface area contributed by atoms with Crippen molar-refractivity contribution in [2.75, 3.05) is 7.05 Å². The number of carbonyl (C=O) groups is 3. The van der Waals surface area contributed by atoms with Gasteiger partial charge in [0.25, 0.3) is 0 Å². The molecule has 6 heteroatoms. The number of likely N-dealkylation sites (N-methyl/N-ethyl adjacent to an activating group) is 1. The number of aliphatic hydroxyl groups is 1. The molecule has 1 aliphatic rings. The Morgan fingerprint density at radius 2 is 2.07 bits per heavy atom. The van der Waals surface area contributed by atoms with E-state index in [4.69, 9.17) is 12.3 Å². The Kier molecular flexibility index (Phi) is 3.71. The average Bonchev–Trinajstić information content (AvgIpc) is 2.79. The molecule has 4 atom stereocenters. The second-order valence-electron chi connectivity index (χ2n) is 6.72. The summed E-state index contributed by atoms with van der Waals surface area (Å²) in [6, 6.07) is -7.49. The summed E-state index contributed by atoms with van der Waals surface area (Å²) in [5.74, 6) is -6.60. The van der Waals surface area contributed by atoms with Crippen molar-refractivity contribution in [1.82, 2.24) is 10.2 Å². The van der Waals surface area contributed by atoms with Crippen LogP contribution in [-0.2, 0) is 20.8 Å². The maximum Gasteiger partial charge on any atom is 0.249 e. The highest BCUT2D eigenvalue weighted by molar-refractivity contribution is 5.93. The first-order chi connectivity index (χ1) is 16.0. The lowest BCUT2D eigenvalue weighted by atomic mass is 9.94. The van der Waals surface area contributed by atoms with Crippen LogP contribution in [0.5, 0.6) is 0 Å². The number of rotatable bonds is 6. The zero-order valence-corrected chi connectivity index (χ0v) is 16.0.